The van der Waals surface area contributed by atoms with Crippen molar-refractivity contribution in [2.24, 2.45) is 0 Å². The van der Waals surface area contributed by atoms with Crippen LogP contribution in [0.25, 0.3) is 22.1 Å². The Hall–Kier alpha value is -2.85. The molecule has 4 heteroatoms. The number of hydrogen-bond donors (Lipinski definition) is 0. The lowest BCUT2D eigenvalue weighted by atomic mass is 10.0. The summed E-state index contributed by atoms with van der Waals surface area (Å²) < 4.78 is 12.7. The summed E-state index contributed by atoms with van der Waals surface area (Å²) in [4.78, 5) is 12.1. The molecule has 0 fully saturated rings. The molecule has 0 bridgehead atoms. The van der Waals surface area contributed by atoms with E-state index in [0.29, 0.717) is 17.9 Å². The molecule has 134 valence electrons. The Labute approximate surface area is 165 Å². The number of fused-ring (bicyclic) bond motifs is 1. The second kappa shape index (κ2) is 7.41. The molecule has 0 saturated heterocycles. The van der Waals surface area contributed by atoms with E-state index in [0.717, 1.165) is 32.1 Å². The highest BCUT2D eigenvalue weighted by Crippen LogP contribution is 2.35. The summed E-state index contributed by atoms with van der Waals surface area (Å²) in [5.74, 6) is 0.704. The van der Waals surface area contributed by atoms with Crippen molar-refractivity contribution in [2.45, 2.75) is 13.5 Å². The summed E-state index contributed by atoms with van der Waals surface area (Å²) in [5, 5.41) is 0.809. The molecule has 0 aliphatic rings. The summed E-state index contributed by atoms with van der Waals surface area (Å²) in [7, 11) is 0. The quantitative estimate of drug-likeness (QED) is 0.373. The molecule has 1 heterocycles. The van der Waals surface area contributed by atoms with Crippen molar-refractivity contribution in [1.29, 1.82) is 0 Å². The topological polar surface area (TPSA) is 39.4 Å². The first-order valence-electron chi connectivity index (χ1n) is 8.61. The van der Waals surface area contributed by atoms with Gasteiger partial charge < -0.3 is 9.15 Å². The van der Waals surface area contributed by atoms with Crippen LogP contribution in [0.4, 0.5) is 0 Å². The summed E-state index contributed by atoms with van der Waals surface area (Å²) in [6, 6.07) is 23.2. The fraction of sp³-hybridized carbons (Fsp3) is 0.0870. The minimum atomic E-state index is -0.370. The van der Waals surface area contributed by atoms with Gasteiger partial charge in [-0.15, -0.1) is 0 Å². The third kappa shape index (κ3) is 3.81. The van der Waals surface area contributed by atoms with Gasteiger partial charge in [-0.1, -0.05) is 58.4 Å². The summed E-state index contributed by atoms with van der Waals surface area (Å²) in [6.45, 7) is 2.39. The Morgan fingerprint density at radius 3 is 2.44 bits per heavy atom. The third-order valence-electron chi connectivity index (χ3n) is 4.34. The Morgan fingerprint density at radius 2 is 1.70 bits per heavy atom. The van der Waals surface area contributed by atoms with Crippen molar-refractivity contribution in [3.05, 3.63) is 98.8 Å². The first-order valence-corrected chi connectivity index (χ1v) is 9.40. The van der Waals surface area contributed by atoms with Gasteiger partial charge in [0.05, 0.1) is 5.39 Å². The summed E-state index contributed by atoms with van der Waals surface area (Å²) >= 11 is 3.44. The molecular formula is C23H17BrO3. The van der Waals surface area contributed by atoms with Crippen molar-refractivity contribution in [2.75, 3.05) is 0 Å². The molecule has 0 radical (unpaired) electrons. The Kier molecular flexibility index (Phi) is 4.82. The molecule has 4 rings (SSSR count). The van der Waals surface area contributed by atoms with E-state index in [1.807, 2.05) is 73.7 Å². The number of ether oxygens (including phenoxy) is 1. The van der Waals surface area contributed by atoms with E-state index >= 15 is 0 Å². The number of rotatable bonds is 4. The van der Waals surface area contributed by atoms with Gasteiger partial charge in [0, 0.05) is 16.1 Å². The maximum Gasteiger partial charge on any atom is 0.336 e. The number of aryl methyl sites for hydroxylation is 1. The number of benzene rings is 3. The van der Waals surface area contributed by atoms with E-state index in [1.165, 1.54) is 6.07 Å². The van der Waals surface area contributed by atoms with Gasteiger partial charge in [-0.2, -0.15) is 0 Å². The summed E-state index contributed by atoms with van der Waals surface area (Å²) in [5.41, 5.74) is 3.96. The number of halogens is 1. The smallest absolute Gasteiger partial charge is 0.336 e. The predicted molar refractivity (Wildman–Crippen MR) is 111 cm³/mol. The summed E-state index contributed by atoms with van der Waals surface area (Å²) in [6.07, 6.45) is 0. The average molecular weight is 421 g/mol. The van der Waals surface area contributed by atoms with Crippen LogP contribution < -0.4 is 10.4 Å². The maximum atomic E-state index is 12.1. The lowest BCUT2D eigenvalue weighted by Crippen LogP contribution is -2.02. The van der Waals surface area contributed by atoms with Crippen LogP contribution in [0.5, 0.6) is 5.75 Å². The standard InChI is InChI=1S/C23H17BrO3/c1-15-11-20(26-14-16-7-9-18(24)10-8-16)23-19(17-5-3-2-4-6-17)13-22(25)27-21(23)12-15/h2-13H,14H2,1H3. The van der Waals surface area contributed by atoms with Crippen LogP contribution in [0.15, 0.2) is 86.5 Å². The van der Waals surface area contributed by atoms with Crippen LogP contribution >= 0.6 is 15.9 Å². The first kappa shape index (κ1) is 17.6. The highest BCUT2D eigenvalue weighted by atomic mass is 79.9. The molecule has 0 aliphatic heterocycles. The van der Waals surface area contributed by atoms with Crippen molar-refractivity contribution < 1.29 is 9.15 Å². The molecule has 27 heavy (non-hydrogen) atoms. The highest BCUT2D eigenvalue weighted by Gasteiger charge is 2.14. The molecular weight excluding hydrogens is 404 g/mol. The molecule has 0 atom stereocenters. The van der Waals surface area contributed by atoms with Crippen LogP contribution in [-0.4, -0.2) is 0 Å². The lowest BCUT2D eigenvalue weighted by Gasteiger charge is -2.13. The van der Waals surface area contributed by atoms with E-state index in [9.17, 15) is 4.79 Å². The second-order valence-electron chi connectivity index (χ2n) is 6.40. The van der Waals surface area contributed by atoms with Crippen LogP contribution in [0.1, 0.15) is 11.1 Å². The molecule has 0 N–H and O–H groups in total. The second-order valence-corrected chi connectivity index (χ2v) is 7.31. The Bertz CT molecular complexity index is 1150. The zero-order valence-electron chi connectivity index (χ0n) is 14.7. The molecule has 4 aromatic rings. The van der Waals surface area contributed by atoms with Gasteiger partial charge in [-0.25, -0.2) is 4.79 Å². The predicted octanol–water partition coefficient (Wildman–Crippen LogP) is 6.11. The van der Waals surface area contributed by atoms with Crippen LogP contribution in [-0.2, 0) is 6.61 Å². The van der Waals surface area contributed by atoms with E-state index in [1.54, 1.807) is 0 Å². The monoisotopic (exact) mass is 420 g/mol. The molecule has 0 spiro atoms. The molecule has 1 aromatic heterocycles. The van der Waals surface area contributed by atoms with Crippen molar-refractivity contribution in [3.8, 4) is 16.9 Å². The van der Waals surface area contributed by atoms with Gasteiger partial charge in [0.1, 0.15) is 17.9 Å². The Morgan fingerprint density at radius 1 is 0.963 bits per heavy atom. The largest absolute Gasteiger partial charge is 0.488 e. The number of hydrogen-bond acceptors (Lipinski definition) is 3. The van der Waals surface area contributed by atoms with Crippen molar-refractivity contribution in [1.82, 2.24) is 0 Å². The molecule has 3 aromatic carbocycles. The van der Waals surface area contributed by atoms with Crippen molar-refractivity contribution >= 4 is 26.9 Å². The molecule has 0 amide bonds. The van der Waals surface area contributed by atoms with E-state index in [4.69, 9.17) is 9.15 Å². The lowest BCUT2D eigenvalue weighted by molar-refractivity contribution is 0.309. The van der Waals surface area contributed by atoms with E-state index in [-0.39, 0.29) is 5.63 Å². The van der Waals surface area contributed by atoms with Gasteiger partial charge >= 0.3 is 5.63 Å². The fourth-order valence-corrected chi connectivity index (χ4v) is 3.36. The van der Waals surface area contributed by atoms with Gasteiger partial charge in [0.25, 0.3) is 0 Å². The minimum absolute atomic E-state index is 0.370. The average Bonchev–Trinajstić information content (AvgIpc) is 2.67. The van der Waals surface area contributed by atoms with Crippen LogP contribution in [0.2, 0.25) is 0 Å². The molecule has 0 unspecified atom stereocenters. The van der Waals surface area contributed by atoms with E-state index < -0.39 is 0 Å². The maximum absolute atomic E-state index is 12.1. The third-order valence-corrected chi connectivity index (χ3v) is 4.87. The first-order chi connectivity index (χ1) is 13.1. The molecule has 0 saturated carbocycles. The van der Waals surface area contributed by atoms with Gasteiger partial charge in [-0.05, 0) is 47.9 Å². The Balaban J connectivity index is 1.84. The highest BCUT2D eigenvalue weighted by molar-refractivity contribution is 9.10. The zero-order chi connectivity index (χ0) is 18.8. The van der Waals surface area contributed by atoms with Gasteiger partial charge in [0.2, 0.25) is 0 Å². The van der Waals surface area contributed by atoms with Gasteiger partial charge in [-0.3, -0.25) is 0 Å². The minimum Gasteiger partial charge on any atom is -0.488 e. The van der Waals surface area contributed by atoms with Crippen LogP contribution in [0, 0.1) is 6.92 Å². The van der Waals surface area contributed by atoms with Crippen molar-refractivity contribution in [3.63, 3.8) is 0 Å². The fourth-order valence-electron chi connectivity index (χ4n) is 3.10. The van der Waals surface area contributed by atoms with E-state index in [2.05, 4.69) is 15.9 Å². The van der Waals surface area contributed by atoms with Gasteiger partial charge in [0.15, 0.2) is 0 Å². The molecule has 3 nitrogen and oxygen atoms in total. The zero-order valence-corrected chi connectivity index (χ0v) is 16.3. The normalized spacial score (nSPS) is 10.9. The molecule has 0 aliphatic carbocycles. The van der Waals surface area contributed by atoms with Crippen LogP contribution in [0.3, 0.4) is 0 Å². The SMILES string of the molecule is Cc1cc(OCc2ccc(Br)cc2)c2c(-c3ccccc3)cc(=O)oc2c1.